The molecule has 1 aliphatic heterocycles. The van der Waals surface area contributed by atoms with Gasteiger partial charge in [0.15, 0.2) is 0 Å². The number of unbranched alkanes of at least 4 members (excludes halogenated alkanes) is 1. The SMILES string of the molecule is C/C1=C\CC[C@H](C)OC(=O)CCNC(=O)[C@@H](Cc2c[nH]c3ccccc23)N(C)C(=O)[C@H](CCCCN)NC(=O)[C@@H](C)C1. The van der Waals surface area contributed by atoms with Gasteiger partial charge in [0.2, 0.25) is 17.7 Å². The third kappa shape index (κ3) is 9.44. The Labute approximate surface area is 248 Å². The number of aromatic amines is 1. The lowest BCUT2D eigenvalue weighted by Crippen LogP contribution is -2.55. The summed E-state index contributed by atoms with van der Waals surface area (Å²) in [5.41, 5.74) is 8.58. The van der Waals surface area contributed by atoms with E-state index in [0.29, 0.717) is 45.1 Å². The van der Waals surface area contributed by atoms with Crippen LogP contribution in [0.1, 0.15) is 71.3 Å². The number of aromatic nitrogens is 1. The van der Waals surface area contributed by atoms with E-state index in [4.69, 9.17) is 10.5 Å². The average molecular weight is 582 g/mol. The average Bonchev–Trinajstić information content (AvgIpc) is 3.36. The van der Waals surface area contributed by atoms with Gasteiger partial charge in [0.1, 0.15) is 12.1 Å². The molecule has 3 amide bonds. The molecule has 10 nitrogen and oxygen atoms in total. The van der Waals surface area contributed by atoms with E-state index in [1.807, 2.05) is 51.2 Å². The van der Waals surface area contributed by atoms with Crippen molar-refractivity contribution in [3.8, 4) is 0 Å². The number of carbonyl (C=O) groups is 4. The summed E-state index contributed by atoms with van der Waals surface area (Å²) < 4.78 is 5.52. The van der Waals surface area contributed by atoms with Crippen LogP contribution < -0.4 is 16.4 Å². The molecule has 5 N–H and O–H groups in total. The third-order valence-electron chi connectivity index (χ3n) is 7.87. The van der Waals surface area contributed by atoms with E-state index in [2.05, 4.69) is 21.7 Å². The minimum atomic E-state index is -0.870. The number of nitrogens with two attached hydrogens (primary N) is 1. The highest BCUT2D eigenvalue weighted by atomic mass is 16.5. The lowest BCUT2D eigenvalue weighted by Gasteiger charge is -2.31. The second kappa shape index (κ2) is 16.1. The molecule has 0 saturated heterocycles. The minimum Gasteiger partial charge on any atom is -0.463 e. The van der Waals surface area contributed by atoms with Gasteiger partial charge >= 0.3 is 5.97 Å². The number of allylic oxidation sites excluding steroid dienone is 2. The Morgan fingerprint density at radius 2 is 1.83 bits per heavy atom. The van der Waals surface area contributed by atoms with E-state index in [-0.39, 0.29) is 55.1 Å². The summed E-state index contributed by atoms with van der Waals surface area (Å²) in [5.74, 6) is -1.66. The highest BCUT2D eigenvalue weighted by Gasteiger charge is 2.33. The van der Waals surface area contributed by atoms with Crippen molar-refractivity contribution in [2.45, 2.75) is 90.3 Å². The maximum atomic E-state index is 13.9. The number of cyclic esters (lactones) is 1. The molecule has 0 aliphatic carbocycles. The fourth-order valence-electron chi connectivity index (χ4n) is 5.35. The van der Waals surface area contributed by atoms with Gasteiger partial charge < -0.3 is 31.0 Å². The van der Waals surface area contributed by atoms with Crippen molar-refractivity contribution in [2.75, 3.05) is 20.1 Å². The largest absolute Gasteiger partial charge is 0.463 e. The molecule has 0 bridgehead atoms. The van der Waals surface area contributed by atoms with Gasteiger partial charge in [-0.3, -0.25) is 19.2 Å². The monoisotopic (exact) mass is 581 g/mol. The number of H-pyrrole nitrogens is 1. The van der Waals surface area contributed by atoms with Crippen molar-refractivity contribution in [1.29, 1.82) is 0 Å². The molecule has 2 heterocycles. The second-order valence-electron chi connectivity index (χ2n) is 11.4. The zero-order chi connectivity index (χ0) is 30.6. The quantitative estimate of drug-likeness (QED) is 0.234. The van der Waals surface area contributed by atoms with Crippen LogP contribution in [0, 0.1) is 5.92 Å². The lowest BCUT2D eigenvalue weighted by molar-refractivity contribution is -0.148. The molecule has 0 unspecified atom stereocenters. The summed E-state index contributed by atoms with van der Waals surface area (Å²) in [4.78, 5) is 57.9. The standard InChI is InChI=1S/C32H47N5O5/c1-21-10-9-11-23(3)42-29(38)15-17-34-31(40)28(19-24-20-35-26-13-6-5-12-25(24)26)37(4)32(41)27(14-7-8-16-33)36-30(39)22(2)18-21/h5-6,10,12-13,20,22-23,27-28,35H,7-9,11,14-19,33H2,1-4H3,(H,34,40)(H,36,39)/b21-10+/t22-,23-,27-,28+/m0/s1. The molecule has 4 atom stereocenters. The van der Waals surface area contributed by atoms with Gasteiger partial charge in [-0.25, -0.2) is 0 Å². The lowest BCUT2D eigenvalue weighted by atomic mass is 9.98. The van der Waals surface area contributed by atoms with Crippen molar-refractivity contribution in [3.05, 3.63) is 47.7 Å². The molecule has 42 heavy (non-hydrogen) atoms. The smallest absolute Gasteiger partial charge is 0.307 e. The van der Waals surface area contributed by atoms with Crippen LogP contribution in [-0.2, 0) is 30.3 Å². The summed E-state index contributed by atoms with van der Waals surface area (Å²) in [6, 6.07) is 6.11. The normalized spacial score (nSPS) is 25.5. The number of hydrogen-bond acceptors (Lipinski definition) is 6. The van der Waals surface area contributed by atoms with Crippen molar-refractivity contribution in [3.63, 3.8) is 0 Å². The zero-order valence-corrected chi connectivity index (χ0v) is 25.4. The van der Waals surface area contributed by atoms with Crippen LogP contribution in [0.5, 0.6) is 0 Å². The predicted octanol–water partition coefficient (Wildman–Crippen LogP) is 3.36. The Kier molecular flexibility index (Phi) is 12.6. The molecule has 0 fully saturated rings. The molecule has 0 saturated carbocycles. The maximum absolute atomic E-state index is 13.9. The van der Waals surface area contributed by atoms with Crippen molar-refractivity contribution < 1.29 is 23.9 Å². The van der Waals surface area contributed by atoms with Gasteiger partial charge in [0.25, 0.3) is 0 Å². The highest BCUT2D eigenvalue weighted by Crippen LogP contribution is 2.22. The molecule has 3 rings (SSSR count). The van der Waals surface area contributed by atoms with Crippen molar-refractivity contribution in [1.82, 2.24) is 20.5 Å². The number of fused-ring (bicyclic) bond motifs is 1. The first kappa shape index (κ1) is 32.8. The van der Waals surface area contributed by atoms with Gasteiger partial charge in [-0.15, -0.1) is 0 Å². The maximum Gasteiger partial charge on any atom is 0.307 e. The van der Waals surface area contributed by atoms with Gasteiger partial charge in [0.05, 0.1) is 12.5 Å². The van der Waals surface area contributed by atoms with Crippen LogP contribution in [0.2, 0.25) is 0 Å². The molecule has 230 valence electrons. The first-order valence-electron chi connectivity index (χ1n) is 15.1. The van der Waals surface area contributed by atoms with E-state index in [1.54, 1.807) is 7.05 Å². The van der Waals surface area contributed by atoms with E-state index < -0.39 is 12.1 Å². The van der Waals surface area contributed by atoms with Crippen LogP contribution in [0.25, 0.3) is 10.9 Å². The number of carbonyl (C=O) groups excluding carboxylic acids is 4. The van der Waals surface area contributed by atoms with Gasteiger partial charge in [-0.05, 0) is 70.5 Å². The predicted molar refractivity (Wildman–Crippen MR) is 163 cm³/mol. The molecule has 0 radical (unpaired) electrons. The number of hydrogen-bond donors (Lipinski definition) is 4. The summed E-state index contributed by atoms with van der Waals surface area (Å²) in [5, 5.41) is 6.77. The fourth-order valence-corrected chi connectivity index (χ4v) is 5.35. The third-order valence-corrected chi connectivity index (χ3v) is 7.87. The number of amides is 3. The number of likely N-dealkylation sites (N-methyl/N-ethyl adjacent to an activating group) is 1. The molecule has 10 heteroatoms. The number of para-hydroxylation sites is 1. The topological polar surface area (TPSA) is 147 Å². The molecule has 1 aromatic heterocycles. The summed E-state index contributed by atoms with van der Waals surface area (Å²) in [7, 11) is 1.60. The Balaban J connectivity index is 1.92. The Hall–Kier alpha value is -3.66. The number of nitrogens with zero attached hydrogens (tertiary/aromatic N) is 1. The number of benzene rings is 1. The van der Waals surface area contributed by atoms with Crippen LogP contribution in [0.15, 0.2) is 42.1 Å². The summed E-state index contributed by atoms with van der Waals surface area (Å²) in [6.45, 7) is 6.24. The molecule has 1 aromatic carbocycles. The number of nitrogens with one attached hydrogen (secondary N) is 3. The molecule has 1 aliphatic rings. The van der Waals surface area contributed by atoms with Gasteiger partial charge in [0, 0.05) is 43.0 Å². The first-order chi connectivity index (χ1) is 20.1. The van der Waals surface area contributed by atoms with Crippen LogP contribution in [0.3, 0.4) is 0 Å². The van der Waals surface area contributed by atoms with Gasteiger partial charge in [-0.2, -0.15) is 0 Å². The Morgan fingerprint density at radius 3 is 2.60 bits per heavy atom. The van der Waals surface area contributed by atoms with E-state index in [1.165, 1.54) is 4.90 Å². The number of ether oxygens (including phenoxy) is 1. The first-order valence-corrected chi connectivity index (χ1v) is 15.1. The van der Waals surface area contributed by atoms with E-state index in [0.717, 1.165) is 22.0 Å². The molecule has 2 aromatic rings. The summed E-state index contributed by atoms with van der Waals surface area (Å²) >= 11 is 0. The van der Waals surface area contributed by atoms with Crippen LogP contribution in [-0.4, -0.2) is 71.9 Å². The molecular weight excluding hydrogens is 534 g/mol. The fraction of sp³-hybridized carbons (Fsp3) is 0.562. The number of esters is 1. The summed E-state index contributed by atoms with van der Waals surface area (Å²) in [6.07, 6.45) is 7.63. The highest BCUT2D eigenvalue weighted by molar-refractivity contribution is 5.93. The molecular formula is C32H47N5O5. The number of rotatable bonds is 6. The molecule has 0 spiro atoms. The van der Waals surface area contributed by atoms with Gasteiger partial charge in [-0.1, -0.05) is 36.8 Å². The Bertz CT molecular complexity index is 1250. The van der Waals surface area contributed by atoms with Crippen molar-refractivity contribution >= 4 is 34.6 Å². The van der Waals surface area contributed by atoms with Crippen LogP contribution >= 0.6 is 0 Å². The van der Waals surface area contributed by atoms with E-state index in [9.17, 15) is 19.2 Å². The van der Waals surface area contributed by atoms with Crippen molar-refractivity contribution in [2.24, 2.45) is 11.7 Å². The van der Waals surface area contributed by atoms with E-state index >= 15 is 0 Å². The zero-order valence-electron chi connectivity index (χ0n) is 25.4. The minimum absolute atomic E-state index is 0.0255. The Morgan fingerprint density at radius 1 is 1.07 bits per heavy atom. The second-order valence-corrected chi connectivity index (χ2v) is 11.4. The van der Waals surface area contributed by atoms with Crippen LogP contribution in [0.4, 0.5) is 0 Å².